The number of aliphatic carboxylic acids is 2. The predicted octanol–water partition coefficient (Wildman–Crippen LogP) is 2.68. The molecule has 4 aliphatic heterocycles. The van der Waals surface area contributed by atoms with Gasteiger partial charge < -0.3 is 93.2 Å². The largest absolute Gasteiger partial charge is 0.490 e. The number of benzene rings is 2. The summed E-state index contributed by atoms with van der Waals surface area (Å²) in [7, 11) is 0. The quantitative estimate of drug-likeness (QED) is 0.0344. The van der Waals surface area contributed by atoms with Crippen LogP contribution in [0.2, 0.25) is 0 Å². The van der Waals surface area contributed by atoms with Gasteiger partial charge in [-0.25, -0.2) is 29.2 Å². The minimum Gasteiger partial charge on any atom is -0.475 e. The maximum absolute atomic E-state index is 13.4. The van der Waals surface area contributed by atoms with Crippen molar-refractivity contribution >= 4 is 88.8 Å². The Hall–Kier alpha value is -7.54. The number of thioether (sulfide) groups is 2. The number of urea groups is 1. The van der Waals surface area contributed by atoms with Crippen LogP contribution < -0.4 is 54.0 Å². The monoisotopic (exact) mass is 1340 g/mol. The highest BCUT2D eigenvalue weighted by Gasteiger charge is 2.42. The molecule has 0 spiro atoms. The molecule has 91 heavy (non-hydrogen) atoms. The Morgan fingerprint density at radius 2 is 0.978 bits per heavy atom. The third-order valence-corrected chi connectivity index (χ3v) is 16.4. The number of hydrogen-bond donors (Lipinski definition) is 13. The number of nitrogens with one attached hydrogen (secondary N) is 8. The van der Waals surface area contributed by atoms with E-state index in [0.717, 1.165) is 55.6 Å². The van der Waals surface area contributed by atoms with Crippen LogP contribution in [0.15, 0.2) is 58.5 Å². The number of nitrogens with two attached hydrogens (primary N) is 2. The molecule has 0 aliphatic carbocycles. The lowest BCUT2D eigenvalue weighted by molar-refractivity contribution is -0.193. The van der Waals surface area contributed by atoms with Crippen molar-refractivity contribution in [2.45, 2.75) is 105 Å². The van der Waals surface area contributed by atoms with Gasteiger partial charge in [0.05, 0.1) is 77.0 Å². The molecule has 15 N–H and O–H groups in total. The van der Waals surface area contributed by atoms with Crippen molar-refractivity contribution in [3.05, 3.63) is 65.2 Å². The molecule has 6 rings (SSSR count). The molecule has 0 radical (unpaired) electrons. The van der Waals surface area contributed by atoms with E-state index in [4.69, 9.17) is 50.2 Å². The van der Waals surface area contributed by atoms with Crippen LogP contribution in [0.1, 0.15) is 77.6 Å². The maximum atomic E-state index is 13.4. The lowest BCUT2D eigenvalue weighted by atomic mass is 10.0. The zero-order valence-electron chi connectivity index (χ0n) is 49.6. The second-order valence-corrected chi connectivity index (χ2v) is 22.9. The van der Waals surface area contributed by atoms with Crippen molar-refractivity contribution in [3.8, 4) is 0 Å². The minimum absolute atomic E-state index is 0.0493. The lowest BCUT2D eigenvalue weighted by Crippen LogP contribution is -2.38. The van der Waals surface area contributed by atoms with E-state index in [0.29, 0.717) is 60.4 Å². The first-order chi connectivity index (χ1) is 43.3. The van der Waals surface area contributed by atoms with Crippen LogP contribution in [0.25, 0.3) is 0 Å². The SMILES string of the molecule is NC1=N[C@H]2[C@H](CS[C@H]2CCCCC(=O)NCCOCCNC(=O)c2cc(NC(=O)NCCOCCOCCN(Cc3ccccc3)C(=O)O)cc(C(=O)NCCOCCNC(=O)CCCC[C@@H]3SC[C@@H]4NC(N)=N[C@@H]43)c2)N1.O=C(O)C(F)(F)F.O=C(O)C(F)(F)F. The molecule has 4 aliphatic rings. The van der Waals surface area contributed by atoms with Crippen LogP contribution in [0.5, 0.6) is 0 Å². The van der Waals surface area contributed by atoms with E-state index < -0.39 is 48.2 Å². The zero-order valence-corrected chi connectivity index (χ0v) is 51.2. The molecule has 2 saturated heterocycles. The third kappa shape index (κ3) is 30.4. The molecule has 2 aromatic rings. The first-order valence-corrected chi connectivity index (χ1v) is 31.1. The van der Waals surface area contributed by atoms with Crippen LogP contribution in [0.4, 0.5) is 41.6 Å². The second-order valence-electron chi connectivity index (χ2n) is 20.4. The van der Waals surface area contributed by atoms with Crippen molar-refractivity contribution in [2.75, 3.05) is 109 Å². The maximum Gasteiger partial charge on any atom is 0.490 e. The number of carboxylic acids is 2. The van der Waals surface area contributed by atoms with Crippen LogP contribution in [0, 0.1) is 0 Å². The molecule has 508 valence electrons. The predicted molar refractivity (Wildman–Crippen MR) is 324 cm³/mol. The first kappa shape index (κ1) is 75.9. The molecule has 2 fully saturated rings. The third-order valence-electron chi connectivity index (χ3n) is 13.4. The Balaban J connectivity index is 0.00000113. The van der Waals surface area contributed by atoms with Crippen molar-refractivity contribution in [3.63, 3.8) is 0 Å². The second kappa shape index (κ2) is 40.3. The molecule has 0 unspecified atom stereocenters. The van der Waals surface area contributed by atoms with E-state index in [-0.39, 0.29) is 126 Å². The number of rotatable bonds is 36. The molecule has 4 heterocycles. The Kier molecular flexibility index (Phi) is 33.7. The average molecular weight is 1340 g/mol. The summed E-state index contributed by atoms with van der Waals surface area (Å²) in [5.41, 5.74) is 12.9. The Labute approximate surface area is 528 Å². The van der Waals surface area contributed by atoms with E-state index >= 15 is 0 Å². The van der Waals surface area contributed by atoms with E-state index in [9.17, 15) is 60.2 Å². The number of alkyl halides is 6. The van der Waals surface area contributed by atoms with Gasteiger partial charge in [-0.3, -0.25) is 19.2 Å². The summed E-state index contributed by atoms with van der Waals surface area (Å²) in [6.45, 7) is 3.11. The Morgan fingerprint density at radius 3 is 1.41 bits per heavy atom. The fourth-order valence-electron chi connectivity index (χ4n) is 9.01. The summed E-state index contributed by atoms with van der Waals surface area (Å²) in [5.74, 6) is -3.62. The highest BCUT2D eigenvalue weighted by molar-refractivity contribution is 8.00. The van der Waals surface area contributed by atoms with E-state index in [1.165, 1.54) is 23.1 Å². The number of carbonyl (C=O) groups is 8. The van der Waals surface area contributed by atoms with Crippen LogP contribution >= 0.6 is 23.5 Å². The molecule has 6 atom stereocenters. The number of ether oxygens (including phenoxy) is 4. The van der Waals surface area contributed by atoms with Crippen molar-refractivity contribution in [1.29, 1.82) is 0 Å². The molecule has 0 saturated carbocycles. The molecule has 36 heteroatoms. The van der Waals surface area contributed by atoms with Gasteiger partial charge in [0.1, 0.15) is 0 Å². The summed E-state index contributed by atoms with van der Waals surface area (Å²) in [4.78, 5) is 104. The van der Waals surface area contributed by atoms with E-state index in [1.54, 1.807) is 0 Å². The van der Waals surface area contributed by atoms with Gasteiger partial charge in [0, 0.05) is 97.5 Å². The highest BCUT2D eigenvalue weighted by Crippen LogP contribution is 2.36. The van der Waals surface area contributed by atoms with Crippen LogP contribution in [0.3, 0.4) is 0 Å². The molecule has 7 amide bonds. The standard InChI is InChI=1S/C51H77N13O11S2.2C2HF3O2/c52-48-60-38-32-76-40(44(38)62-48)10-4-6-12-42(65)54-14-20-72-22-16-56-46(67)35-28-36(47(68)57-17-23-73-21-15-55-43(66)13-7-5-11-41-45-39(33-77-41)61-49(53)63-45)30-37(29-35)59-50(69)58-18-24-74-26-27-75-25-19-64(51(70)71)31-34-8-2-1-3-9-34;2*3-2(4,5)1(6)7/h1-3,8-9,28-30,38-41,44-45H,4-7,10-27,31-33H2,(H,54,65)(H,55,66)(H,56,67)(H,57,68)(H,70,71)(H3,52,60,62)(H3,53,61,63)(H2,58,59,69);2*(H,6,7)/t38-,39-,40-,41-,44-,45-;;/m0../s1. The normalized spacial score (nSPS) is 18.6. The van der Waals surface area contributed by atoms with Gasteiger partial charge in [0.2, 0.25) is 11.8 Å². The minimum atomic E-state index is -5.08. The number of carbonyl (C=O) groups excluding carboxylic acids is 5. The molecular formula is C55H79F6N13O15S2. The number of unbranched alkanes of at least 4 members (excludes halogenated alkanes) is 2. The molecular weight excluding hydrogens is 1260 g/mol. The summed E-state index contributed by atoms with van der Waals surface area (Å²) < 4.78 is 85.8. The molecule has 2 aromatic carbocycles. The first-order valence-electron chi connectivity index (χ1n) is 29.0. The van der Waals surface area contributed by atoms with Gasteiger partial charge in [-0.2, -0.15) is 49.9 Å². The van der Waals surface area contributed by atoms with Gasteiger partial charge in [0.25, 0.3) is 11.8 Å². The number of aliphatic imine (C=N–C) groups is 2. The van der Waals surface area contributed by atoms with Crippen molar-refractivity contribution in [1.82, 2.24) is 42.1 Å². The summed E-state index contributed by atoms with van der Waals surface area (Å²) in [6, 6.07) is 14.0. The fourth-order valence-corrected chi connectivity index (χ4v) is 12.0. The summed E-state index contributed by atoms with van der Waals surface area (Å²) in [5, 5.41) is 47.7. The zero-order chi connectivity index (χ0) is 66.8. The fraction of sp³-hybridized carbons (Fsp3) is 0.600. The van der Waals surface area contributed by atoms with Crippen molar-refractivity contribution in [2.24, 2.45) is 21.5 Å². The van der Waals surface area contributed by atoms with Gasteiger partial charge >= 0.3 is 36.4 Å². The highest BCUT2D eigenvalue weighted by atomic mass is 32.2. The average Bonchev–Trinajstić information content (AvgIpc) is 1.77. The smallest absolute Gasteiger partial charge is 0.475 e. The van der Waals surface area contributed by atoms with E-state index in [2.05, 4.69) is 52.5 Å². The number of fused-ring (bicyclic) bond motifs is 2. The topological polar surface area (TPSA) is 410 Å². The summed E-state index contributed by atoms with van der Waals surface area (Å²) in [6.07, 6.45) is -5.00. The Morgan fingerprint density at radius 1 is 0.571 bits per heavy atom. The van der Waals surface area contributed by atoms with Crippen LogP contribution in [-0.2, 0) is 44.7 Å². The number of nitrogens with zero attached hydrogens (tertiary/aromatic N) is 3. The molecule has 28 nitrogen and oxygen atoms in total. The number of carboxylic acid groups (broad SMARTS) is 3. The number of hydrogen-bond acceptors (Lipinski definition) is 20. The number of amides is 7. The number of halogens is 6. The van der Waals surface area contributed by atoms with Gasteiger partial charge in [0.15, 0.2) is 11.9 Å². The lowest BCUT2D eigenvalue weighted by Gasteiger charge is -2.19. The number of guanidine groups is 2. The van der Waals surface area contributed by atoms with Gasteiger partial charge in [-0.05, 0) is 49.4 Å². The van der Waals surface area contributed by atoms with Gasteiger partial charge in [-0.1, -0.05) is 43.2 Å². The van der Waals surface area contributed by atoms with Gasteiger partial charge in [-0.15, -0.1) is 0 Å². The van der Waals surface area contributed by atoms with Crippen LogP contribution in [-0.4, -0.2) is 230 Å². The Bertz CT molecular complexity index is 2600. The molecule has 0 bridgehead atoms. The van der Waals surface area contributed by atoms with Crippen molar-refractivity contribution < 1.29 is 99.0 Å². The van der Waals surface area contributed by atoms with E-state index in [1.807, 2.05) is 53.9 Å². The molecule has 0 aromatic heterocycles. The number of anilines is 1. The summed E-state index contributed by atoms with van der Waals surface area (Å²) >= 11 is 3.81.